The molecule has 7 nitrogen and oxygen atoms in total. The first kappa shape index (κ1) is 17.5. The Morgan fingerprint density at radius 3 is 2.62 bits per heavy atom. The van der Waals surface area contributed by atoms with E-state index in [1.54, 1.807) is 34.9 Å². The molecule has 26 heavy (non-hydrogen) atoms. The summed E-state index contributed by atoms with van der Waals surface area (Å²) in [5.41, 5.74) is 9.66. The maximum absolute atomic E-state index is 13.0. The van der Waals surface area contributed by atoms with Crippen molar-refractivity contribution in [2.75, 3.05) is 6.54 Å². The molecule has 0 saturated carbocycles. The Bertz CT molecular complexity index is 1000. The number of para-hydroxylation sites is 1. The van der Waals surface area contributed by atoms with Crippen LogP contribution in [0.15, 0.2) is 58.4 Å². The Morgan fingerprint density at radius 1 is 1.08 bits per heavy atom. The molecule has 0 atom stereocenters. The number of fused-ring (bicyclic) bond motifs is 1. The summed E-state index contributed by atoms with van der Waals surface area (Å²) < 4.78 is 1.68. The second kappa shape index (κ2) is 8.18. The molecule has 0 radical (unpaired) electrons. The molecule has 7 heteroatoms. The number of hydrogen-bond acceptors (Lipinski definition) is 4. The lowest BCUT2D eigenvalue weighted by Gasteiger charge is -2.14. The van der Waals surface area contributed by atoms with Crippen LogP contribution >= 0.6 is 0 Å². The summed E-state index contributed by atoms with van der Waals surface area (Å²) in [5, 5.41) is 13.6. The molecule has 0 amide bonds. The van der Waals surface area contributed by atoms with Gasteiger partial charge in [-0.15, -0.1) is 0 Å². The van der Waals surface area contributed by atoms with Gasteiger partial charge in [0.15, 0.2) is 0 Å². The zero-order valence-electron chi connectivity index (χ0n) is 14.2. The lowest BCUT2D eigenvalue weighted by molar-refractivity contribution is 0.475. The van der Waals surface area contributed by atoms with Crippen molar-refractivity contribution < 1.29 is 5.11 Å². The van der Waals surface area contributed by atoms with Crippen LogP contribution in [-0.2, 0) is 6.54 Å². The molecule has 0 aliphatic heterocycles. The van der Waals surface area contributed by atoms with Crippen LogP contribution in [0.2, 0.25) is 0 Å². The first-order chi connectivity index (χ1) is 12.7. The van der Waals surface area contributed by atoms with Gasteiger partial charge >= 0.3 is 0 Å². The van der Waals surface area contributed by atoms with E-state index in [2.05, 4.69) is 15.0 Å². The summed E-state index contributed by atoms with van der Waals surface area (Å²) in [7, 11) is 0. The van der Waals surface area contributed by atoms with Gasteiger partial charge in [-0.05, 0) is 54.8 Å². The number of phenols is 1. The first-order valence-electron chi connectivity index (χ1n) is 8.50. The summed E-state index contributed by atoms with van der Waals surface area (Å²) in [5.74, 6) is 0.755. The van der Waals surface area contributed by atoms with E-state index in [1.807, 2.05) is 18.2 Å². The molecule has 3 aromatic rings. The van der Waals surface area contributed by atoms with Crippen LogP contribution in [0.4, 0.5) is 0 Å². The second-order valence-electron chi connectivity index (χ2n) is 5.97. The smallest absolute Gasteiger partial charge is 0.261 e. The summed E-state index contributed by atoms with van der Waals surface area (Å²) in [6, 6.07) is 14.0. The van der Waals surface area contributed by atoms with E-state index in [0.29, 0.717) is 29.8 Å². The van der Waals surface area contributed by atoms with E-state index in [1.165, 1.54) is 0 Å². The fourth-order valence-electron chi connectivity index (χ4n) is 2.88. The lowest BCUT2D eigenvalue weighted by Crippen LogP contribution is -2.23. The monoisotopic (exact) mass is 349 g/mol. The number of hydrogen-bond donors (Lipinski definition) is 1. The largest absolute Gasteiger partial charge is 0.508 e. The minimum absolute atomic E-state index is 0.0753. The molecule has 2 aromatic carbocycles. The van der Waals surface area contributed by atoms with E-state index in [9.17, 15) is 9.90 Å². The minimum Gasteiger partial charge on any atom is -0.508 e. The van der Waals surface area contributed by atoms with Gasteiger partial charge in [0.2, 0.25) is 0 Å². The molecule has 0 fully saturated rings. The number of aromatic hydroxyl groups is 1. The van der Waals surface area contributed by atoms with Crippen molar-refractivity contribution in [1.82, 2.24) is 9.55 Å². The van der Waals surface area contributed by atoms with Crippen LogP contribution in [0.3, 0.4) is 0 Å². The van der Waals surface area contributed by atoms with Gasteiger partial charge in [0.05, 0.1) is 10.9 Å². The van der Waals surface area contributed by atoms with Gasteiger partial charge in [0, 0.05) is 23.6 Å². The van der Waals surface area contributed by atoms with Gasteiger partial charge in [-0.2, -0.15) is 0 Å². The third kappa shape index (κ3) is 3.84. The zero-order chi connectivity index (χ0) is 18.4. The van der Waals surface area contributed by atoms with Crippen molar-refractivity contribution in [2.24, 2.45) is 5.11 Å². The quantitative estimate of drug-likeness (QED) is 0.298. The number of rotatable bonds is 7. The minimum atomic E-state index is -0.0753. The fourth-order valence-corrected chi connectivity index (χ4v) is 2.88. The SMILES string of the molecule is [N-]=[N+]=NCCCCCn1c(-c2ccc(O)cc2)nc2ccccc2c1=O. The zero-order valence-corrected chi connectivity index (χ0v) is 14.2. The van der Waals surface area contributed by atoms with E-state index in [-0.39, 0.29) is 11.3 Å². The fraction of sp³-hybridized carbons (Fsp3) is 0.263. The molecule has 1 N–H and O–H groups in total. The molecule has 3 rings (SSSR count). The second-order valence-corrected chi connectivity index (χ2v) is 5.97. The highest BCUT2D eigenvalue weighted by Gasteiger charge is 2.12. The van der Waals surface area contributed by atoms with Gasteiger partial charge in [-0.25, -0.2) is 4.98 Å². The van der Waals surface area contributed by atoms with Crippen LogP contribution in [-0.4, -0.2) is 21.2 Å². The van der Waals surface area contributed by atoms with Crippen molar-refractivity contribution in [1.29, 1.82) is 0 Å². The highest BCUT2D eigenvalue weighted by Crippen LogP contribution is 2.22. The van der Waals surface area contributed by atoms with Crippen molar-refractivity contribution >= 4 is 10.9 Å². The van der Waals surface area contributed by atoms with Crippen molar-refractivity contribution in [3.8, 4) is 17.1 Å². The molecule has 0 aliphatic carbocycles. The van der Waals surface area contributed by atoms with E-state index in [0.717, 1.165) is 24.8 Å². The maximum atomic E-state index is 13.0. The standard InChI is InChI=1S/C19H19N5O2/c20-23-21-12-4-1-5-13-24-18(14-8-10-15(25)11-9-14)22-17-7-3-2-6-16(17)19(24)26/h2-3,6-11,25H,1,4-5,12-13H2. The van der Waals surface area contributed by atoms with E-state index in [4.69, 9.17) is 5.53 Å². The van der Waals surface area contributed by atoms with Gasteiger partial charge in [-0.1, -0.05) is 23.7 Å². The summed E-state index contributed by atoms with van der Waals surface area (Å²) in [6.45, 7) is 0.995. The molecule has 0 saturated heterocycles. The first-order valence-corrected chi connectivity index (χ1v) is 8.50. The summed E-state index contributed by atoms with van der Waals surface area (Å²) in [6.07, 6.45) is 2.42. The topological polar surface area (TPSA) is 104 Å². The maximum Gasteiger partial charge on any atom is 0.261 e. The van der Waals surface area contributed by atoms with Crippen LogP contribution in [0, 0.1) is 0 Å². The molecule has 1 heterocycles. The lowest BCUT2D eigenvalue weighted by atomic mass is 10.1. The van der Waals surface area contributed by atoms with Gasteiger partial charge in [-0.3, -0.25) is 9.36 Å². The van der Waals surface area contributed by atoms with Gasteiger partial charge in [0.1, 0.15) is 11.6 Å². The number of azide groups is 1. The summed E-state index contributed by atoms with van der Waals surface area (Å²) >= 11 is 0. The van der Waals surface area contributed by atoms with Crippen LogP contribution in [0.25, 0.3) is 32.7 Å². The molecule has 0 spiro atoms. The molecule has 0 unspecified atom stereocenters. The van der Waals surface area contributed by atoms with Crippen LogP contribution in [0.1, 0.15) is 19.3 Å². The predicted octanol–water partition coefficient (Wildman–Crippen LogP) is 4.25. The third-order valence-corrected chi connectivity index (χ3v) is 4.19. The molecular weight excluding hydrogens is 330 g/mol. The van der Waals surface area contributed by atoms with Crippen LogP contribution in [0.5, 0.6) is 5.75 Å². The molecule has 0 aliphatic rings. The number of benzene rings is 2. The average Bonchev–Trinajstić information content (AvgIpc) is 2.66. The number of aromatic nitrogens is 2. The highest BCUT2D eigenvalue weighted by atomic mass is 16.3. The number of nitrogens with zero attached hydrogens (tertiary/aromatic N) is 5. The van der Waals surface area contributed by atoms with Crippen LogP contribution < -0.4 is 5.56 Å². The Morgan fingerprint density at radius 2 is 1.85 bits per heavy atom. The summed E-state index contributed by atoms with van der Waals surface area (Å²) in [4.78, 5) is 20.4. The van der Waals surface area contributed by atoms with Crippen molar-refractivity contribution in [3.05, 3.63) is 69.3 Å². The number of unbranched alkanes of at least 4 members (excludes halogenated alkanes) is 2. The normalized spacial score (nSPS) is 10.6. The number of phenolic OH excluding ortho intramolecular Hbond substituents is 1. The molecule has 1 aromatic heterocycles. The Labute approximate surface area is 150 Å². The average molecular weight is 349 g/mol. The molecule has 0 bridgehead atoms. The van der Waals surface area contributed by atoms with Crippen molar-refractivity contribution in [2.45, 2.75) is 25.8 Å². The van der Waals surface area contributed by atoms with E-state index < -0.39 is 0 Å². The van der Waals surface area contributed by atoms with Gasteiger partial charge in [0.25, 0.3) is 5.56 Å². The molecule has 132 valence electrons. The Balaban J connectivity index is 1.96. The Kier molecular flexibility index (Phi) is 5.51. The van der Waals surface area contributed by atoms with Gasteiger partial charge < -0.3 is 5.11 Å². The third-order valence-electron chi connectivity index (χ3n) is 4.19. The van der Waals surface area contributed by atoms with Crippen molar-refractivity contribution in [3.63, 3.8) is 0 Å². The molecular formula is C19H19N5O2. The Hall–Kier alpha value is -3.31. The highest BCUT2D eigenvalue weighted by molar-refractivity contribution is 5.79. The van der Waals surface area contributed by atoms with E-state index >= 15 is 0 Å². The predicted molar refractivity (Wildman–Crippen MR) is 101 cm³/mol.